The van der Waals surface area contributed by atoms with Crippen LogP contribution in [0.1, 0.15) is 38.3 Å². The topological polar surface area (TPSA) is 55.5 Å². The Morgan fingerprint density at radius 2 is 1.84 bits per heavy atom. The summed E-state index contributed by atoms with van der Waals surface area (Å²) in [5.41, 5.74) is 7.14. The molecule has 0 fully saturated rings. The Morgan fingerprint density at radius 1 is 1.26 bits per heavy atom. The van der Waals surface area contributed by atoms with E-state index in [2.05, 4.69) is 45.7 Å². The average molecular weight is 418 g/mol. The maximum atomic E-state index is 9.86. The molecular weight excluding hydrogens is 397 g/mol. The second-order valence-electron chi connectivity index (χ2n) is 4.72. The predicted molar refractivity (Wildman–Crippen MR) is 88.3 cm³/mol. The van der Waals surface area contributed by atoms with E-state index in [1.165, 1.54) is 7.11 Å². The van der Waals surface area contributed by atoms with Gasteiger partial charge in [-0.2, -0.15) is 0 Å². The molecule has 0 saturated carbocycles. The van der Waals surface area contributed by atoms with Crippen molar-refractivity contribution in [3.8, 4) is 11.5 Å². The smallest absolute Gasteiger partial charge is 0.173 e. The van der Waals surface area contributed by atoms with Gasteiger partial charge in [-0.05, 0) is 62.2 Å². The summed E-state index contributed by atoms with van der Waals surface area (Å²) in [5.74, 6) is 1.14. The maximum Gasteiger partial charge on any atom is 0.173 e. The van der Waals surface area contributed by atoms with Crippen molar-refractivity contribution in [3.05, 3.63) is 20.6 Å². The molecule has 1 rings (SSSR count). The molecule has 0 aliphatic carbocycles. The summed E-state index contributed by atoms with van der Waals surface area (Å²) in [6.07, 6.45) is 1.96. The van der Waals surface area contributed by atoms with Crippen molar-refractivity contribution in [2.45, 2.75) is 32.7 Å². The minimum atomic E-state index is -0.0763. The van der Waals surface area contributed by atoms with E-state index in [9.17, 15) is 5.11 Å². The molecule has 0 unspecified atom stereocenters. The number of phenols is 1. The first-order valence-electron chi connectivity index (χ1n) is 5.88. The van der Waals surface area contributed by atoms with Gasteiger partial charge in [-0.25, -0.2) is 0 Å². The van der Waals surface area contributed by atoms with Crippen LogP contribution in [-0.2, 0) is 0 Å². The van der Waals surface area contributed by atoms with Gasteiger partial charge >= 0.3 is 0 Å². The van der Waals surface area contributed by atoms with Crippen LogP contribution >= 0.6 is 44.3 Å². The Morgan fingerprint density at radius 3 is 2.32 bits per heavy atom. The van der Waals surface area contributed by atoms with Gasteiger partial charge in [0.2, 0.25) is 0 Å². The number of benzene rings is 1. The number of hydrogen-bond acceptors (Lipinski definition) is 3. The van der Waals surface area contributed by atoms with E-state index in [-0.39, 0.29) is 24.2 Å². The summed E-state index contributed by atoms with van der Waals surface area (Å²) in [5, 5.41) is 9.86. The molecule has 1 atom stereocenters. The number of rotatable bonds is 5. The molecule has 0 heterocycles. The third kappa shape index (κ3) is 4.81. The van der Waals surface area contributed by atoms with Crippen molar-refractivity contribution in [1.82, 2.24) is 0 Å². The Labute approximate surface area is 137 Å². The number of hydrogen-bond donors (Lipinski definition) is 2. The molecule has 0 aliphatic heterocycles. The largest absolute Gasteiger partial charge is 0.503 e. The van der Waals surface area contributed by atoms with Gasteiger partial charge in [-0.1, -0.05) is 13.8 Å². The summed E-state index contributed by atoms with van der Waals surface area (Å²) in [4.78, 5) is 0. The standard InChI is InChI=1S/C13H19Br2NO2.ClH/c1-7(2)4-5-9(16)8-6-10(18-3)13(17)12(15)11(8)14;/h6-7,9,17H,4-5,16H2,1-3H3;1H/t9-;/m0./s1. The lowest BCUT2D eigenvalue weighted by atomic mass is 9.98. The molecule has 0 aromatic heterocycles. The first-order valence-corrected chi connectivity index (χ1v) is 7.47. The third-order valence-corrected chi connectivity index (χ3v) is 5.01. The van der Waals surface area contributed by atoms with Crippen molar-refractivity contribution in [1.29, 1.82) is 0 Å². The van der Waals surface area contributed by atoms with E-state index in [4.69, 9.17) is 10.5 Å². The molecule has 0 bridgehead atoms. The van der Waals surface area contributed by atoms with Gasteiger partial charge in [-0.3, -0.25) is 0 Å². The molecule has 3 nitrogen and oxygen atoms in total. The number of nitrogens with two attached hydrogens (primary N) is 1. The highest BCUT2D eigenvalue weighted by atomic mass is 79.9. The van der Waals surface area contributed by atoms with Crippen LogP contribution in [0.5, 0.6) is 11.5 Å². The Balaban J connectivity index is 0.00000324. The van der Waals surface area contributed by atoms with Crippen LogP contribution in [0.25, 0.3) is 0 Å². The predicted octanol–water partition coefficient (Wildman–Crippen LogP) is 4.78. The highest BCUT2D eigenvalue weighted by Crippen LogP contribution is 2.43. The molecule has 6 heteroatoms. The second kappa shape index (κ2) is 8.35. The number of methoxy groups -OCH3 is 1. The van der Waals surface area contributed by atoms with Crippen LogP contribution in [-0.4, -0.2) is 12.2 Å². The van der Waals surface area contributed by atoms with Crippen LogP contribution in [0, 0.1) is 5.92 Å². The molecule has 0 spiro atoms. The third-order valence-electron chi connectivity index (χ3n) is 2.85. The van der Waals surface area contributed by atoms with E-state index in [1.54, 1.807) is 6.07 Å². The molecule has 0 saturated heterocycles. The zero-order chi connectivity index (χ0) is 13.9. The molecule has 0 radical (unpaired) electrons. The zero-order valence-electron chi connectivity index (χ0n) is 11.2. The Hall–Kier alpha value is 0.0300. The van der Waals surface area contributed by atoms with E-state index in [1.807, 2.05) is 0 Å². The van der Waals surface area contributed by atoms with Crippen LogP contribution in [0.15, 0.2) is 15.0 Å². The van der Waals surface area contributed by atoms with Gasteiger partial charge in [0.25, 0.3) is 0 Å². The lowest BCUT2D eigenvalue weighted by molar-refractivity contribution is 0.370. The number of aromatic hydroxyl groups is 1. The fraction of sp³-hybridized carbons (Fsp3) is 0.538. The summed E-state index contributed by atoms with van der Waals surface area (Å²) >= 11 is 6.80. The molecule has 3 N–H and O–H groups in total. The van der Waals surface area contributed by atoms with Crippen molar-refractivity contribution >= 4 is 44.3 Å². The molecule has 110 valence electrons. The monoisotopic (exact) mass is 415 g/mol. The van der Waals surface area contributed by atoms with Gasteiger partial charge in [0.05, 0.1) is 11.6 Å². The van der Waals surface area contributed by atoms with Gasteiger partial charge < -0.3 is 15.6 Å². The van der Waals surface area contributed by atoms with Gasteiger partial charge in [0.15, 0.2) is 11.5 Å². The van der Waals surface area contributed by atoms with Gasteiger partial charge in [0, 0.05) is 10.5 Å². The van der Waals surface area contributed by atoms with E-state index in [0.29, 0.717) is 16.1 Å². The second-order valence-corrected chi connectivity index (χ2v) is 6.31. The van der Waals surface area contributed by atoms with Crippen LogP contribution < -0.4 is 10.5 Å². The fourth-order valence-electron chi connectivity index (χ4n) is 1.71. The molecule has 1 aromatic rings. The lowest BCUT2D eigenvalue weighted by Gasteiger charge is -2.18. The summed E-state index contributed by atoms with van der Waals surface area (Å²) < 4.78 is 6.51. The minimum Gasteiger partial charge on any atom is -0.503 e. The van der Waals surface area contributed by atoms with E-state index < -0.39 is 0 Å². The highest BCUT2D eigenvalue weighted by molar-refractivity contribution is 9.13. The first-order chi connectivity index (χ1) is 8.38. The van der Waals surface area contributed by atoms with Crippen molar-refractivity contribution in [2.75, 3.05) is 7.11 Å². The number of phenolic OH excluding ortho intramolecular Hbond substituents is 1. The summed E-state index contributed by atoms with van der Waals surface area (Å²) in [6, 6.07) is 1.71. The average Bonchev–Trinajstić information content (AvgIpc) is 2.33. The zero-order valence-corrected chi connectivity index (χ0v) is 15.2. The first kappa shape index (κ1) is 19.0. The van der Waals surface area contributed by atoms with Gasteiger partial charge in [-0.15, -0.1) is 12.4 Å². The highest BCUT2D eigenvalue weighted by Gasteiger charge is 2.19. The van der Waals surface area contributed by atoms with E-state index in [0.717, 1.165) is 22.9 Å². The molecule has 0 aliphatic rings. The SMILES string of the molecule is COc1cc([C@@H](N)CCC(C)C)c(Br)c(Br)c1O.Cl. The van der Waals surface area contributed by atoms with Crippen LogP contribution in [0.4, 0.5) is 0 Å². The lowest BCUT2D eigenvalue weighted by Crippen LogP contribution is -2.12. The molecule has 1 aromatic carbocycles. The maximum absolute atomic E-state index is 9.86. The van der Waals surface area contributed by atoms with E-state index >= 15 is 0 Å². The summed E-state index contributed by atoms with van der Waals surface area (Å²) in [6.45, 7) is 4.35. The number of halogens is 3. The minimum absolute atomic E-state index is 0. The molecule has 19 heavy (non-hydrogen) atoms. The normalized spacial score (nSPS) is 12.2. The van der Waals surface area contributed by atoms with Crippen molar-refractivity contribution < 1.29 is 9.84 Å². The Bertz CT molecular complexity index is 428. The van der Waals surface area contributed by atoms with Crippen LogP contribution in [0.3, 0.4) is 0 Å². The number of ether oxygens (including phenoxy) is 1. The quantitative estimate of drug-likeness (QED) is 0.725. The van der Waals surface area contributed by atoms with Gasteiger partial charge in [0.1, 0.15) is 0 Å². The summed E-state index contributed by atoms with van der Waals surface area (Å²) in [7, 11) is 1.53. The molecular formula is C13H20Br2ClNO2. The van der Waals surface area contributed by atoms with Crippen molar-refractivity contribution in [2.24, 2.45) is 11.7 Å². The van der Waals surface area contributed by atoms with Crippen molar-refractivity contribution in [3.63, 3.8) is 0 Å². The molecule has 0 amide bonds. The Kier molecular flexibility index (Phi) is 8.36. The fourth-order valence-corrected chi connectivity index (χ4v) is 2.73. The van der Waals surface area contributed by atoms with Crippen LogP contribution in [0.2, 0.25) is 0 Å².